The predicted molar refractivity (Wildman–Crippen MR) is 128 cm³/mol. The van der Waals surface area contributed by atoms with Crippen molar-refractivity contribution in [3.63, 3.8) is 0 Å². The lowest BCUT2D eigenvalue weighted by molar-refractivity contribution is -0.143. The van der Waals surface area contributed by atoms with Crippen molar-refractivity contribution in [2.75, 3.05) is 13.7 Å². The van der Waals surface area contributed by atoms with Crippen molar-refractivity contribution in [2.45, 2.75) is 46.5 Å². The lowest BCUT2D eigenvalue weighted by Crippen LogP contribution is -2.06. The Morgan fingerprint density at radius 3 is 2.35 bits per heavy atom. The van der Waals surface area contributed by atoms with Crippen molar-refractivity contribution >= 4 is 5.97 Å². The van der Waals surface area contributed by atoms with Crippen LogP contribution >= 0.6 is 0 Å². The number of hydrogen-bond acceptors (Lipinski definition) is 3. The summed E-state index contributed by atoms with van der Waals surface area (Å²) in [5, 5.41) is 0. The number of carbonyl (C=O) groups is 1. The number of aryl methyl sites for hydroxylation is 2. The molecule has 3 aromatic carbocycles. The largest absolute Gasteiger partial charge is 0.497 e. The second kappa shape index (κ2) is 10.3. The molecule has 0 fully saturated rings. The molecule has 3 aromatic rings. The second-order valence-corrected chi connectivity index (χ2v) is 8.15. The van der Waals surface area contributed by atoms with Gasteiger partial charge in [-0.15, -0.1) is 0 Å². The smallest absolute Gasteiger partial charge is 0.306 e. The van der Waals surface area contributed by atoms with Crippen LogP contribution in [-0.4, -0.2) is 19.7 Å². The number of methoxy groups -OCH3 is 1. The van der Waals surface area contributed by atoms with Gasteiger partial charge in [0.25, 0.3) is 0 Å². The van der Waals surface area contributed by atoms with Gasteiger partial charge in [-0.2, -0.15) is 0 Å². The highest BCUT2D eigenvalue weighted by Gasteiger charge is 2.14. The van der Waals surface area contributed by atoms with Crippen LogP contribution in [0.4, 0.5) is 0 Å². The van der Waals surface area contributed by atoms with Crippen molar-refractivity contribution in [1.82, 2.24) is 0 Å². The van der Waals surface area contributed by atoms with Gasteiger partial charge in [0.2, 0.25) is 0 Å². The van der Waals surface area contributed by atoms with Gasteiger partial charge in [-0.25, -0.2) is 0 Å². The summed E-state index contributed by atoms with van der Waals surface area (Å²) in [5.41, 5.74) is 8.31. The fourth-order valence-electron chi connectivity index (χ4n) is 3.94. The molecule has 162 valence electrons. The van der Waals surface area contributed by atoms with Gasteiger partial charge in [0.1, 0.15) is 5.75 Å². The van der Waals surface area contributed by atoms with E-state index in [0.29, 0.717) is 25.4 Å². The molecule has 0 unspecified atom stereocenters. The SMILES string of the molecule is CCOC(=O)CCc1cc(-c2ccc(OC)cc2C(C)C)ccc1-c1cccc(C)c1. The first kappa shape index (κ1) is 22.6. The Bertz CT molecular complexity index is 1050. The monoisotopic (exact) mass is 416 g/mol. The quantitative estimate of drug-likeness (QED) is 0.372. The number of benzene rings is 3. The normalized spacial score (nSPS) is 10.9. The Labute approximate surface area is 186 Å². The summed E-state index contributed by atoms with van der Waals surface area (Å²) in [5.74, 6) is 1.08. The summed E-state index contributed by atoms with van der Waals surface area (Å²) in [6.45, 7) is 8.74. The molecular weight excluding hydrogens is 384 g/mol. The summed E-state index contributed by atoms with van der Waals surface area (Å²) in [4.78, 5) is 12.1. The molecule has 0 saturated heterocycles. The minimum absolute atomic E-state index is 0.157. The number of rotatable bonds is 8. The summed E-state index contributed by atoms with van der Waals surface area (Å²) in [6.07, 6.45) is 1.01. The first-order valence-corrected chi connectivity index (χ1v) is 11.0. The highest BCUT2D eigenvalue weighted by Crippen LogP contribution is 2.35. The Morgan fingerprint density at radius 2 is 1.68 bits per heavy atom. The molecule has 0 atom stereocenters. The molecule has 0 spiro atoms. The molecule has 0 aliphatic heterocycles. The third-order valence-electron chi connectivity index (χ3n) is 5.53. The molecule has 0 heterocycles. The van der Waals surface area contributed by atoms with Crippen LogP contribution in [0.2, 0.25) is 0 Å². The van der Waals surface area contributed by atoms with Crippen molar-refractivity contribution in [2.24, 2.45) is 0 Å². The fraction of sp³-hybridized carbons (Fsp3) is 0.321. The third kappa shape index (κ3) is 5.55. The molecule has 0 N–H and O–H groups in total. The first-order chi connectivity index (χ1) is 14.9. The maximum atomic E-state index is 12.1. The Kier molecular flexibility index (Phi) is 7.51. The van der Waals surface area contributed by atoms with Gasteiger partial charge < -0.3 is 9.47 Å². The average molecular weight is 417 g/mol. The van der Waals surface area contributed by atoms with E-state index in [2.05, 4.69) is 75.4 Å². The van der Waals surface area contributed by atoms with E-state index >= 15 is 0 Å². The van der Waals surface area contributed by atoms with Crippen LogP contribution in [0.3, 0.4) is 0 Å². The maximum absolute atomic E-state index is 12.1. The van der Waals surface area contributed by atoms with Gasteiger partial charge in [-0.05, 0) is 71.7 Å². The van der Waals surface area contributed by atoms with E-state index in [4.69, 9.17) is 9.47 Å². The zero-order valence-electron chi connectivity index (χ0n) is 19.2. The molecule has 0 amide bonds. The predicted octanol–water partition coefficient (Wildman–Crippen LogP) is 6.96. The standard InChI is InChI=1S/C28H32O3/c1-6-31-28(29)15-11-22-17-23(10-13-25(22)21-9-7-8-20(4)16-21)26-14-12-24(30-5)18-27(26)19(2)3/h7-10,12-14,16-19H,6,11,15H2,1-5H3. The van der Waals surface area contributed by atoms with Crippen LogP contribution in [0.25, 0.3) is 22.3 Å². The van der Waals surface area contributed by atoms with Gasteiger partial charge >= 0.3 is 5.97 Å². The highest BCUT2D eigenvalue weighted by molar-refractivity contribution is 5.77. The van der Waals surface area contributed by atoms with Gasteiger partial charge in [0, 0.05) is 6.42 Å². The number of carbonyl (C=O) groups excluding carboxylic acids is 1. The van der Waals surface area contributed by atoms with Crippen LogP contribution in [0.5, 0.6) is 5.75 Å². The molecule has 0 bridgehead atoms. The van der Waals surface area contributed by atoms with E-state index in [1.54, 1.807) is 7.11 Å². The molecule has 31 heavy (non-hydrogen) atoms. The lowest BCUT2D eigenvalue weighted by Gasteiger charge is -2.17. The molecule has 0 aliphatic carbocycles. The minimum Gasteiger partial charge on any atom is -0.497 e. The van der Waals surface area contributed by atoms with E-state index in [0.717, 1.165) is 22.4 Å². The van der Waals surface area contributed by atoms with Gasteiger partial charge in [0.05, 0.1) is 13.7 Å². The third-order valence-corrected chi connectivity index (χ3v) is 5.53. The Balaban J connectivity index is 2.08. The summed E-state index contributed by atoms with van der Waals surface area (Å²) >= 11 is 0. The van der Waals surface area contributed by atoms with Crippen LogP contribution < -0.4 is 4.74 Å². The van der Waals surface area contributed by atoms with Gasteiger partial charge in [0.15, 0.2) is 0 Å². The van der Waals surface area contributed by atoms with E-state index in [1.807, 2.05) is 13.0 Å². The maximum Gasteiger partial charge on any atom is 0.306 e. The topological polar surface area (TPSA) is 35.5 Å². The van der Waals surface area contributed by atoms with Gasteiger partial charge in [-0.1, -0.05) is 67.9 Å². The number of hydrogen-bond donors (Lipinski definition) is 0. The first-order valence-electron chi connectivity index (χ1n) is 11.0. The zero-order chi connectivity index (χ0) is 22.4. The van der Waals surface area contributed by atoms with E-state index < -0.39 is 0 Å². The molecule has 0 aliphatic rings. The minimum atomic E-state index is -0.157. The molecule has 3 heteroatoms. The van der Waals surface area contributed by atoms with Crippen LogP contribution in [-0.2, 0) is 16.0 Å². The van der Waals surface area contributed by atoms with Crippen molar-refractivity contribution in [1.29, 1.82) is 0 Å². The van der Waals surface area contributed by atoms with Crippen LogP contribution in [0.15, 0.2) is 60.7 Å². The van der Waals surface area contributed by atoms with Crippen LogP contribution in [0, 0.1) is 6.92 Å². The molecule has 3 nitrogen and oxygen atoms in total. The lowest BCUT2D eigenvalue weighted by atomic mass is 9.88. The van der Waals surface area contributed by atoms with Crippen molar-refractivity contribution < 1.29 is 14.3 Å². The second-order valence-electron chi connectivity index (χ2n) is 8.15. The average Bonchev–Trinajstić information content (AvgIpc) is 2.77. The Hall–Kier alpha value is -3.07. The summed E-state index contributed by atoms with van der Waals surface area (Å²) in [7, 11) is 1.70. The molecule has 0 aromatic heterocycles. The number of ether oxygens (including phenoxy) is 2. The van der Waals surface area contributed by atoms with Crippen molar-refractivity contribution in [3.05, 3.63) is 77.4 Å². The fourth-order valence-corrected chi connectivity index (χ4v) is 3.94. The molecule has 0 radical (unpaired) electrons. The summed E-state index contributed by atoms with van der Waals surface area (Å²) < 4.78 is 10.6. The molecular formula is C28H32O3. The van der Waals surface area contributed by atoms with E-state index in [-0.39, 0.29) is 5.97 Å². The Morgan fingerprint density at radius 1 is 0.935 bits per heavy atom. The van der Waals surface area contributed by atoms with E-state index in [1.165, 1.54) is 22.3 Å². The van der Waals surface area contributed by atoms with Crippen molar-refractivity contribution in [3.8, 4) is 28.0 Å². The summed E-state index contributed by atoms with van der Waals surface area (Å²) in [6, 6.07) is 21.3. The molecule has 0 saturated carbocycles. The van der Waals surface area contributed by atoms with Crippen LogP contribution in [0.1, 0.15) is 49.8 Å². The van der Waals surface area contributed by atoms with E-state index in [9.17, 15) is 4.79 Å². The highest BCUT2D eigenvalue weighted by atomic mass is 16.5. The van der Waals surface area contributed by atoms with Gasteiger partial charge in [-0.3, -0.25) is 4.79 Å². The zero-order valence-corrected chi connectivity index (χ0v) is 19.2. The molecule has 3 rings (SSSR count). The number of esters is 1.